The molecule has 0 saturated heterocycles. The normalized spacial score (nSPS) is 11.0. The van der Waals surface area contributed by atoms with E-state index in [0.717, 1.165) is 31.6 Å². The number of carbonyl (C=O) groups is 3. The summed E-state index contributed by atoms with van der Waals surface area (Å²) in [5.74, 6) is -5.17. The molecule has 0 atom stereocenters. The second-order valence-electron chi connectivity index (χ2n) is 8.29. The van der Waals surface area contributed by atoms with Gasteiger partial charge in [0.25, 0.3) is 0 Å². The first-order valence-electron chi connectivity index (χ1n) is 11.3. The zero-order valence-corrected chi connectivity index (χ0v) is 20.0. The van der Waals surface area contributed by atoms with Crippen molar-refractivity contribution in [3.05, 3.63) is 84.5 Å². The fraction of sp³-hybridized carbons (Fsp3) is 0.320. The highest BCUT2D eigenvalue weighted by atomic mass is 19.1. The Kier molecular flexibility index (Phi) is 11.3. The van der Waals surface area contributed by atoms with Gasteiger partial charge in [-0.1, -0.05) is 18.2 Å². The number of aliphatic hydroxyl groups is 1. The molecule has 0 radical (unpaired) electrons. The lowest BCUT2D eigenvalue weighted by Crippen LogP contribution is -2.42. The van der Waals surface area contributed by atoms with Gasteiger partial charge in [0.15, 0.2) is 5.60 Å². The molecule has 3 aromatic rings. The van der Waals surface area contributed by atoms with E-state index in [9.17, 15) is 18.8 Å². The van der Waals surface area contributed by atoms with Crippen LogP contribution in [-0.4, -0.2) is 69.9 Å². The second-order valence-corrected chi connectivity index (χ2v) is 8.29. The molecular formula is C25H29FN4O7. The van der Waals surface area contributed by atoms with Crippen LogP contribution >= 0.6 is 0 Å². The number of aliphatic carboxylic acids is 3. The molecule has 37 heavy (non-hydrogen) atoms. The molecule has 198 valence electrons. The van der Waals surface area contributed by atoms with Gasteiger partial charge in [-0.25, -0.2) is 14.2 Å². The van der Waals surface area contributed by atoms with Crippen molar-refractivity contribution in [3.8, 4) is 0 Å². The Morgan fingerprint density at radius 3 is 2.11 bits per heavy atom. The summed E-state index contributed by atoms with van der Waals surface area (Å²) in [7, 11) is 0. The van der Waals surface area contributed by atoms with E-state index < -0.39 is 36.4 Å². The van der Waals surface area contributed by atoms with E-state index in [2.05, 4.69) is 19.4 Å². The van der Waals surface area contributed by atoms with Crippen LogP contribution in [0, 0.1) is 5.82 Å². The van der Waals surface area contributed by atoms with Crippen molar-refractivity contribution in [1.29, 1.82) is 0 Å². The number of halogens is 1. The molecule has 11 nitrogen and oxygen atoms in total. The average Bonchev–Trinajstić information content (AvgIpc) is 3.34. The number of carboxylic acids is 3. The Balaban J connectivity index is 0.000000317. The fourth-order valence-electron chi connectivity index (χ4n) is 3.44. The first kappa shape index (κ1) is 29.1. The highest BCUT2D eigenvalue weighted by Gasteiger charge is 2.40. The third-order valence-electron chi connectivity index (χ3n) is 5.24. The fourth-order valence-corrected chi connectivity index (χ4v) is 3.44. The highest BCUT2D eigenvalue weighted by molar-refractivity contribution is 5.88. The lowest BCUT2D eigenvalue weighted by atomic mass is 9.96. The standard InChI is InChI=1S/C19H21FN4.C6H8O7/c20-19-5-2-1-4-18(19)15-24(14-17-6-8-21-9-7-17)12-3-11-23-13-10-22-16-23;7-3(8)1-6(13,5(11)12)2-4(9)10/h1-2,4-10,13,16H,3,11-12,14-15H2;13H,1-2H2,(H,7,8)(H,9,10)(H,11,12). The molecule has 2 heterocycles. The molecule has 0 aliphatic carbocycles. The number of aromatic nitrogens is 3. The molecule has 0 aliphatic heterocycles. The quantitative estimate of drug-likeness (QED) is 0.265. The van der Waals surface area contributed by atoms with Gasteiger partial charge in [-0.2, -0.15) is 0 Å². The molecule has 0 aliphatic rings. The van der Waals surface area contributed by atoms with Gasteiger partial charge in [-0.3, -0.25) is 19.5 Å². The van der Waals surface area contributed by atoms with Gasteiger partial charge >= 0.3 is 17.9 Å². The van der Waals surface area contributed by atoms with Crippen LogP contribution in [0.3, 0.4) is 0 Å². The monoisotopic (exact) mass is 516 g/mol. The Hall–Kier alpha value is -4.16. The average molecular weight is 517 g/mol. The Morgan fingerprint density at radius 2 is 1.57 bits per heavy atom. The molecule has 0 amide bonds. The number of rotatable bonds is 13. The third-order valence-corrected chi connectivity index (χ3v) is 5.24. The molecule has 0 bridgehead atoms. The van der Waals surface area contributed by atoms with Gasteiger partial charge in [0, 0.05) is 56.5 Å². The van der Waals surface area contributed by atoms with Crippen LogP contribution in [-0.2, 0) is 34.0 Å². The van der Waals surface area contributed by atoms with Gasteiger partial charge in [0.1, 0.15) is 5.82 Å². The van der Waals surface area contributed by atoms with Gasteiger partial charge in [0.2, 0.25) is 0 Å². The SMILES string of the molecule is Fc1ccccc1CN(CCCn1ccnc1)Cc1ccncc1.O=C(O)CC(O)(CC(=O)O)C(=O)O. The molecule has 3 rings (SSSR count). The molecule has 2 aromatic heterocycles. The molecular weight excluding hydrogens is 487 g/mol. The minimum atomic E-state index is -2.74. The summed E-state index contributed by atoms with van der Waals surface area (Å²) in [6.45, 7) is 3.17. The molecule has 12 heteroatoms. The van der Waals surface area contributed by atoms with Crippen LogP contribution in [0.4, 0.5) is 4.39 Å². The van der Waals surface area contributed by atoms with Crippen LogP contribution < -0.4 is 0 Å². The topological polar surface area (TPSA) is 166 Å². The maximum atomic E-state index is 14.0. The van der Waals surface area contributed by atoms with Gasteiger partial charge < -0.3 is 25.0 Å². The minimum absolute atomic E-state index is 0.146. The highest BCUT2D eigenvalue weighted by Crippen LogP contribution is 2.16. The van der Waals surface area contributed by atoms with E-state index in [4.69, 9.17) is 20.4 Å². The summed E-state index contributed by atoms with van der Waals surface area (Å²) in [5.41, 5.74) is -0.823. The number of benzene rings is 1. The molecule has 4 N–H and O–H groups in total. The zero-order chi connectivity index (χ0) is 27.3. The van der Waals surface area contributed by atoms with Crippen LogP contribution in [0.2, 0.25) is 0 Å². The van der Waals surface area contributed by atoms with E-state index in [0.29, 0.717) is 6.54 Å². The van der Waals surface area contributed by atoms with Crippen LogP contribution in [0.1, 0.15) is 30.4 Å². The lowest BCUT2D eigenvalue weighted by molar-refractivity contribution is -0.170. The number of carboxylic acid groups (broad SMARTS) is 3. The Morgan fingerprint density at radius 1 is 0.919 bits per heavy atom. The maximum Gasteiger partial charge on any atom is 0.336 e. The Bertz CT molecular complexity index is 1130. The first-order valence-corrected chi connectivity index (χ1v) is 11.3. The van der Waals surface area contributed by atoms with Crippen molar-refractivity contribution in [3.63, 3.8) is 0 Å². The summed E-state index contributed by atoms with van der Waals surface area (Å²) >= 11 is 0. The first-order chi connectivity index (χ1) is 17.6. The lowest BCUT2D eigenvalue weighted by Gasteiger charge is -2.23. The molecule has 0 fully saturated rings. The van der Waals surface area contributed by atoms with E-state index in [1.165, 1.54) is 11.6 Å². The van der Waals surface area contributed by atoms with E-state index in [1.54, 1.807) is 24.7 Å². The van der Waals surface area contributed by atoms with Crippen molar-refractivity contribution < 1.29 is 39.2 Å². The predicted octanol–water partition coefficient (Wildman–Crippen LogP) is 2.26. The van der Waals surface area contributed by atoms with Crippen LogP contribution in [0.5, 0.6) is 0 Å². The zero-order valence-electron chi connectivity index (χ0n) is 20.0. The van der Waals surface area contributed by atoms with E-state index in [1.807, 2.05) is 36.8 Å². The summed E-state index contributed by atoms with van der Waals surface area (Å²) in [6.07, 6.45) is 7.85. The number of aryl methyl sites for hydroxylation is 1. The number of hydrogen-bond acceptors (Lipinski definition) is 7. The summed E-state index contributed by atoms with van der Waals surface area (Å²) in [5, 5.41) is 33.8. The smallest absolute Gasteiger partial charge is 0.336 e. The predicted molar refractivity (Wildman–Crippen MR) is 129 cm³/mol. The summed E-state index contributed by atoms with van der Waals surface area (Å²) < 4.78 is 16.0. The van der Waals surface area contributed by atoms with Crippen molar-refractivity contribution in [1.82, 2.24) is 19.4 Å². The van der Waals surface area contributed by atoms with Gasteiger partial charge in [0.05, 0.1) is 19.2 Å². The number of hydrogen-bond donors (Lipinski definition) is 4. The third kappa shape index (κ3) is 10.5. The van der Waals surface area contributed by atoms with Crippen LogP contribution in [0.25, 0.3) is 0 Å². The molecule has 0 saturated carbocycles. The van der Waals surface area contributed by atoms with Crippen molar-refractivity contribution in [2.24, 2.45) is 0 Å². The molecule has 1 aromatic carbocycles. The number of imidazole rings is 1. The second kappa shape index (κ2) is 14.4. The number of nitrogens with zero attached hydrogens (tertiary/aromatic N) is 4. The largest absolute Gasteiger partial charge is 0.481 e. The van der Waals surface area contributed by atoms with Gasteiger partial charge in [-0.05, 0) is 30.2 Å². The maximum absolute atomic E-state index is 14.0. The molecule has 0 spiro atoms. The summed E-state index contributed by atoms with van der Waals surface area (Å²) in [6, 6.07) is 11.0. The minimum Gasteiger partial charge on any atom is -0.481 e. The molecule has 0 unspecified atom stereocenters. The number of pyridine rings is 1. The van der Waals surface area contributed by atoms with Crippen molar-refractivity contribution >= 4 is 17.9 Å². The van der Waals surface area contributed by atoms with E-state index in [-0.39, 0.29) is 5.82 Å². The summed E-state index contributed by atoms with van der Waals surface area (Å²) in [4.78, 5) is 40.9. The Labute approximate surface area is 212 Å². The van der Waals surface area contributed by atoms with Crippen LogP contribution in [0.15, 0.2) is 67.5 Å². The van der Waals surface area contributed by atoms with Crippen molar-refractivity contribution in [2.45, 2.75) is 44.5 Å². The van der Waals surface area contributed by atoms with Gasteiger partial charge in [-0.15, -0.1) is 0 Å². The van der Waals surface area contributed by atoms with E-state index >= 15 is 0 Å². The van der Waals surface area contributed by atoms with Crippen molar-refractivity contribution in [2.75, 3.05) is 6.54 Å².